The number of halogens is 2. The van der Waals surface area contributed by atoms with Crippen LogP contribution in [-0.2, 0) is 6.54 Å². The third kappa shape index (κ3) is 4.08. The molecule has 0 spiro atoms. The molecular formula is C20H15F2N5O3S. The van der Waals surface area contributed by atoms with Gasteiger partial charge in [0.25, 0.3) is 5.91 Å². The fourth-order valence-corrected chi connectivity index (χ4v) is 3.61. The molecule has 1 amide bonds. The number of benzene rings is 2. The Hall–Kier alpha value is -3.86. The quantitative estimate of drug-likeness (QED) is 0.493. The predicted octanol–water partition coefficient (Wildman–Crippen LogP) is 3.02. The van der Waals surface area contributed by atoms with Crippen molar-refractivity contribution in [3.8, 4) is 16.5 Å². The minimum absolute atomic E-state index is 0.146. The summed E-state index contributed by atoms with van der Waals surface area (Å²) in [4.78, 5) is 27.9. The number of hydrogen-bond acceptors (Lipinski definition) is 6. The normalized spacial score (nSPS) is 10.9. The smallest absolute Gasteiger partial charge is 0.350 e. The summed E-state index contributed by atoms with van der Waals surface area (Å²) in [7, 11) is 0. The second-order valence-electron chi connectivity index (χ2n) is 6.51. The van der Waals surface area contributed by atoms with Crippen molar-refractivity contribution < 1.29 is 18.3 Å². The fraction of sp³-hybridized carbons (Fsp3) is 0.100. The van der Waals surface area contributed by atoms with E-state index in [4.69, 9.17) is 10.5 Å². The van der Waals surface area contributed by atoms with Gasteiger partial charge in [0.15, 0.2) is 5.01 Å². The van der Waals surface area contributed by atoms with Gasteiger partial charge >= 0.3 is 5.69 Å². The minimum atomic E-state index is -0.737. The maximum atomic E-state index is 13.9. The van der Waals surface area contributed by atoms with E-state index in [0.29, 0.717) is 22.2 Å². The Labute approximate surface area is 178 Å². The summed E-state index contributed by atoms with van der Waals surface area (Å²) in [5.74, 6) is -1.66. The maximum Gasteiger partial charge on any atom is 0.350 e. The summed E-state index contributed by atoms with van der Waals surface area (Å²) < 4.78 is 35.7. The van der Waals surface area contributed by atoms with Gasteiger partial charge in [0.1, 0.15) is 23.7 Å². The minimum Gasteiger partial charge on any atom is -0.445 e. The number of ether oxygens (including phenoxy) is 1. The summed E-state index contributed by atoms with van der Waals surface area (Å²) in [6, 6.07) is 9.94. The predicted molar refractivity (Wildman–Crippen MR) is 109 cm³/mol. The molecule has 0 fully saturated rings. The van der Waals surface area contributed by atoms with Crippen LogP contribution in [0, 0.1) is 18.6 Å². The highest BCUT2D eigenvalue weighted by Crippen LogP contribution is 2.31. The van der Waals surface area contributed by atoms with Gasteiger partial charge in [0.2, 0.25) is 5.06 Å². The van der Waals surface area contributed by atoms with Crippen molar-refractivity contribution in [3.63, 3.8) is 0 Å². The van der Waals surface area contributed by atoms with E-state index >= 15 is 0 Å². The highest BCUT2D eigenvalue weighted by Gasteiger charge is 2.15. The molecule has 11 heteroatoms. The van der Waals surface area contributed by atoms with Gasteiger partial charge in [-0.15, -0.1) is 0 Å². The second kappa shape index (κ2) is 8.11. The van der Waals surface area contributed by atoms with E-state index in [0.717, 1.165) is 32.7 Å². The van der Waals surface area contributed by atoms with E-state index in [-0.39, 0.29) is 17.1 Å². The SMILES string of the molecule is Cc1nc(C(N)=O)sc1Oc1ccc(-n2ncn(Cc3c(F)cccc3F)c2=O)cc1. The largest absolute Gasteiger partial charge is 0.445 e. The topological polar surface area (TPSA) is 105 Å². The summed E-state index contributed by atoms with van der Waals surface area (Å²) in [5, 5.41) is 4.59. The summed E-state index contributed by atoms with van der Waals surface area (Å²) in [5.41, 5.74) is 5.41. The van der Waals surface area contributed by atoms with E-state index < -0.39 is 23.2 Å². The lowest BCUT2D eigenvalue weighted by Gasteiger charge is -2.06. The molecule has 0 aliphatic rings. The molecule has 0 aliphatic heterocycles. The van der Waals surface area contributed by atoms with Gasteiger partial charge in [-0.1, -0.05) is 17.4 Å². The van der Waals surface area contributed by atoms with Crippen LogP contribution in [0.15, 0.2) is 53.6 Å². The van der Waals surface area contributed by atoms with E-state index in [1.54, 1.807) is 31.2 Å². The zero-order valence-electron chi connectivity index (χ0n) is 16.1. The van der Waals surface area contributed by atoms with Crippen molar-refractivity contribution in [3.05, 3.63) is 87.2 Å². The van der Waals surface area contributed by atoms with Gasteiger partial charge in [-0.05, 0) is 43.3 Å². The van der Waals surface area contributed by atoms with Gasteiger partial charge in [-0.25, -0.2) is 18.6 Å². The number of nitrogens with two attached hydrogens (primary N) is 1. The van der Waals surface area contributed by atoms with E-state index in [2.05, 4.69) is 10.1 Å². The zero-order valence-corrected chi connectivity index (χ0v) is 16.9. The molecule has 0 bridgehead atoms. The summed E-state index contributed by atoms with van der Waals surface area (Å²) >= 11 is 1.03. The average Bonchev–Trinajstić information content (AvgIpc) is 3.28. The molecule has 0 radical (unpaired) electrons. The van der Waals surface area contributed by atoms with Crippen molar-refractivity contribution in [1.29, 1.82) is 0 Å². The maximum absolute atomic E-state index is 13.9. The molecule has 158 valence electrons. The van der Waals surface area contributed by atoms with Crippen LogP contribution >= 0.6 is 11.3 Å². The third-order valence-electron chi connectivity index (χ3n) is 4.38. The van der Waals surface area contributed by atoms with Crippen molar-refractivity contribution in [2.45, 2.75) is 13.5 Å². The second-order valence-corrected chi connectivity index (χ2v) is 7.47. The van der Waals surface area contributed by atoms with Crippen LogP contribution in [0.2, 0.25) is 0 Å². The first-order chi connectivity index (χ1) is 14.8. The van der Waals surface area contributed by atoms with Crippen LogP contribution < -0.4 is 16.2 Å². The van der Waals surface area contributed by atoms with Crippen LogP contribution in [0.4, 0.5) is 8.78 Å². The summed E-state index contributed by atoms with van der Waals surface area (Å²) in [6.07, 6.45) is 1.21. The average molecular weight is 443 g/mol. The number of carbonyl (C=O) groups is 1. The Bertz CT molecular complexity index is 1310. The molecule has 2 heterocycles. The zero-order chi connectivity index (χ0) is 22.1. The van der Waals surface area contributed by atoms with Crippen LogP contribution in [0.25, 0.3) is 5.69 Å². The number of carbonyl (C=O) groups excluding carboxylic acids is 1. The molecule has 2 aromatic carbocycles. The number of aryl methyl sites for hydroxylation is 1. The molecule has 0 saturated heterocycles. The molecule has 0 aliphatic carbocycles. The Morgan fingerprint density at radius 2 is 1.84 bits per heavy atom. The number of amides is 1. The molecule has 0 saturated carbocycles. The molecule has 31 heavy (non-hydrogen) atoms. The standard InChI is InChI=1S/C20H15F2N5O3S/c1-11-19(31-18(25-11)17(23)28)30-13-7-5-12(6-8-13)27-20(29)26(10-24-27)9-14-15(21)3-2-4-16(14)22/h2-8,10H,9H2,1H3,(H2,23,28). The fourth-order valence-electron chi connectivity index (χ4n) is 2.82. The number of rotatable bonds is 6. The molecule has 8 nitrogen and oxygen atoms in total. The van der Waals surface area contributed by atoms with Crippen molar-refractivity contribution >= 4 is 17.2 Å². The lowest BCUT2D eigenvalue weighted by atomic mass is 10.2. The van der Waals surface area contributed by atoms with Gasteiger partial charge in [-0.3, -0.25) is 9.36 Å². The van der Waals surface area contributed by atoms with Gasteiger partial charge in [0.05, 0.1) is 17.9 Å². The van der Waals surface area contributed by atoms with Gasteiger partial charge in [0, 0.05) is 5.56 Å². The van der Waals surface area contributed by atoms with Crippen LogP contribution in [-0.4, -0.2) is 25.2 Å². The number of nitrogens with zero attached hydrogens (tertiary/aromatic N) is 4. The van der Waals surface area contributed by atoms with Gasteiger partial charge in [-0.2, -0.15) is 9.78 Å². The summed E-state index contributed by atoms with van der Waals surface area (Å²) in [6.45, 7) is 1.41. The first-order valence-corrected chi connectivity index (χ1v) is 9.78. The van der Waals surface area contributed by atoms with Crippen LogP contribution in [0.5, 0.6) is 10.8 Å². The first-order valence-electron chi connectivity index (χ1n) is 8.96. The van der Waals surface area contributed by atoms with E-state index in [1.807, 2.05) is 0 Å². The van der Waals surface area contributed by atoms with Gasteiger partial charge < -0.3 is 10.5 Å². The Kier molecular flexibility index (Phi) is 5.34. The highest BCUT2D eigenvalue weighted by atomic mass is 32.1. The molecule has 4 aromatic rings. The number of primary amides is 1. The molecule has 4 rings (SSSR count). The van der Waals surface area contributed by atoms with E-state index in [9.17, 15) is 18.4 Å². The van der Waals surface area contributed by atoms with E-state index in [1.165, 1.54) is 12.4 Å². The van der Waals surface area contributed by atoms with Crippen molar-refractivity contribution in [2.24, 2.45) is 5.73 Å². The first kappa shape index (κ1) is 20.4. The molecular weight excluding hydrogens is 428 g/mol. The lowest BCUT2D eigenvalue weighted by Crippen LogP contribution is -2.24. The monoisotopic (exact) mass is 443 g/mol. The third-order valence-corrected chi connectivity index (χ3v) is 5.43. The van der Waals surface area contributed by atoms with Crippen LogP contribution in [0.1, 0.15) is 21.1 Å². The number of hydrogen-bond donors (Lipinski definition) is 1. The van der Waals surface area contributed by atoms with Crippen LogP contribution in [0.3, 0.4) is 0 Å². The molecule has 2 aromatic heterocycles. The van der Waals surface area contributed by atoms with Crippen molar-refractivity contribution in [1.82, 2.24) is 19.3 Å². The Morgan fingerprint density at radius 3 is 2.45 bits per heavy atom. The molecule has 0 unspecified atom stereocenters. The Morgan fingerprint density at radius 1 is 1.16 bits per heavy atom. The molecule has 0 atom stereocenters. The Balaban J connectivity index is 1.55. The molecule has 2 N–H and O–H groups in total. The lowest BCUT2D eigenvalue weighted by molar-refractivity contribution is 0.1000. The number of thiazole rings is 1. The highest BCUT2D eigenvalue weighted by molar-refractivity contribution is 7.15. The number of aromatic nitrogens is 4. The van der Waals surface area contributed by atoms with Crippen molar-refractivity contribution in [2.75, 3.05) is 0 Å².